The van der Waals surface area contributed by atoms with E-state index in [1.54, 1.807) is 6.20 Å². The second kappa shape index (κ2) is 5.34. The minimum atomic E-state index is -0.772. The van der Waals surface area contributed by atoms with E-state index in [2.05, 4.69) is 4.98 Å². The van der Waals surface area contributed by atoms with Crippen molar-refractivity contribution in [2.45, 2.75) is 19.8 Å². The molecule has 15 heavy (non-hydrogen) atoms. The molecule has 1 aromatic heterocycles. The maximum atomic E-state index is 10.4. The van der Waals surface area contributed by atoms with Gasteiger partial charge in [-0.1, -0.05) is 6.92 Å². The van der Waals surface area contributed by atoms with E-state index in [-0.39, 0.29) is 6.42 Å². The Bertz CT molecular complexity index is 339. The average Bonchev–Trinajstić information content (AvgIpc) is 2.26. The van der Waals surface area contributed by atoms with E-state index in [4.69, 9.17) is 5.11 Å². The van der Waals surface area contributed by atoms with E-state index in [1.807, 2.05) is 31.0 Å². The molecule has 1 N–H and O–H groups in total. The van der Waals surface area contributed by atoms with Gasteiger partial charge in [-0.2, -0.15) is 0 Å². The molecule has 0 radical (unpaired) electrons. The molecule has 0 saturated heterocycles. The molecule has 0 unspecified atom stereocenters. The van der Waals surface area contributed by atoms with Crippen LogP contribution < -0.4 is 4.90 Å². The summed E-state index contributed by atoms with van der Waals surface area (Å²) in [5, 5.41) is 8.57. The molecule has 0 fully saturated rings. The highest BCUT2D eigenvalue weighted by molar-refractivity contribution is 5.67. The fraction of sp³-hybridized carbons (Fsp3) is 0.455. The normalized spacial score (nSPS) is 10.0. The smallest absolute Gasteiger partial charge is 0.305 e. The molecule has 0 bridgehead atoms. The molecule has 4 nitrogen and oxygen atoms in total. The van der Waals surface area contributed by atoms with E-state index in [9.17, 15) is 4.79 Å². The summed E-state index contributed by atoms with van der Waals surface area (Å²) in [5.41, 5.74) is 2.04. The molecule has 1 aromatic rings. The second-order valence-electron chi connectivity index (χ2n) is 3.42. The number of aryl methyl sites for hydroxylation is 1. The third-order valence-electron chi connectivity index (χ3n) is 2.26. The Morgan fingerprint density at radius 3 is 2.93 bits per heavy atom. The van der Waals surface area contributed by atoms with Gasteiger partial charge in [0.15, 0.2) is 0 Å². The van der Waals surface area contributed by atoms with Crippen molar-refractivity contribution in [2.75, 3.05) is 18.5 Å². The van der Waals surface area contributed by atoms with E-state index in [1.165, 1.54) is 0 Å². The van der Waals surface area contributed by atoms with Gasteiger partial charge < -0.3 is 10.0 Å². The number of carboxylic acids is 1. The molecule has 0 aliphatic carbocycles. The molecule has 0 spiro atoms. The zero-order chi connectivity index (χ0) is 11.3. The van der Waals surface area contributed by atoms with Crippen molar-refractivity contribution in [3.63, 3.8) is 0 Å². The number of pyridine rings is 1. The minimum absolute atomic E-state index is 0.153. The number of nitrogens with zero attached hydrogens (tertiary/aromatic N) is 2. The summed E-state index contributed by atoms with van der Waals surface area (Å²) >= 11 is 0. The molecule has 1 heterocycles. The van der Waals surface area contributed by atoms with Gasteiger partial charge in [0.2, 0.25) is 0 Å². The van der Waals surface area contributed by atoms with Crippen LogP contribution in [0.5, 0.6) is 0 Å². The summed E-state index contributed by atoms with van der Waals surface area (Å²) in [5.74, 6) is -0.772. The van der Waals surface area contributed by atoms with Crippen LogP contribution in [0.1, 0.15) is 19.0 Å². The highest BCUT2D eigenvalue weighted by atomic mass is 16.4. The zero-order valence-electron chi connectivity index (χ0n) is 9.10. The van der Waals surface area contributed by atoms with Gasteiger partial charge in [-0.25, -0.2) is 0 Å². The topological polar surface area (TPSA) is 53.4 Å². The summed E-state index contributed by atoms with van der Waals surface area (Å²) < 4.78 is 0. The highest BCUT2D eigenvalue weighted by Crippen LogP contribution is 2.13. The summed E-state index contributed by atoms with van der Waals surface area (Å²) in [6.45, 7) is 2.56. The first-order valence-corrected chi connectivity index (χ1v) is 5.01. The molecule has 0 aliphatic rings. The molecule has 0 saturated carbocycles. The lowest BCUT2D eigenvalue weighted by Crippen LogP contribution is -2.21. The van der Waals surface area contributed by atoms with Crippen LogP contribution in [0.15, 0.2) is 18.3 Å². The number of carboxylic acid groups (broad SMARTS) is 1. The zero-order valence-corrected chi connectivity index (χ0v) is 9.10. The Kier molecular flexibility index (Phi) is 4.09. The minimum Gasteiger partial charge on any atom is -0.481 e. The standard InChI is InChI=1S/C11H16N2O2/c1-3-9-8-10(4-6-12-9)13(2)7-5-11(14)15/h4,6,8H,3,5,7H2,1-2H3,(H,14,15). The van der Waals surface area contributed by atoms with Crippen LogP contribution in [0.25, 0.3) is 0 Å². The van der Waals surface area contributed by atoms with Gasteiger partial charge in [0, 0.05) is 31.2 Å². The van der Waals surface area contributed by atoms with Crippen LogP contribution in [0.4, 0.5) is 5.69 Å². The summed E-state index contributed by atoms with van der Waals surface area (Å²) in [7, 11) is 1.89. The number of hydrogen-bond donors (Lipinski definition) is 1. The average molecular weight is 208 g/mol. The van der Waals surface area contributed by atoms with Crippen molar-refractivity contribution in [2.24, 2.45) is 0 Å². The maximum Gasteiger partial charge on any atom is 0.305 e. The first-order chi connectivity index (χ1) is 7.13. The van der Waals surface area contributed by atoms with Crippen molar-refractivity contribution in [3.05, 3.63) is 24.0 Å². The summed E-state index contributed by atoms with van der Waals surface area (Å²) in [6, 6.07) is 3.88. The van der Waals surface area contributed by atoms with Gasteiger partial charge in [0.1, 0.15) is 0 Å². The maximum absolute atomic E-state index is 10.4. The number of rotatable bonds is 5. The second-order valence-corrected chi connectivity index (χ2v) is 3.42. The lowest BCUT2D eigenvalue weighted by molar-refractivity contribution is -0.136. The monoisotopic (exact) mass is 208 g/mol. The van der Waals surface area contributed by atoms with Gasteiger partial charge in [-0.15, -0.1) is 0 Å². The van der Waals surface area contributed by atoms with Crippen LogP contribution in [0.2, 0.25) is 0 Å². The van der Waals surface area contributed by atoms with Crippen molar-refractivity contribution >= 4 is 11.7 Å². The molecular weight excluding hydrogens is 192 g/mol. The number of aromatic nitrogens is 1. The fourth-order valence-electron chi connectivity index (χ4n) is 1.29. The van der Waals surface area contributed by atoms with Gasteiger partial charge in [-0.05, 0) is 18.6 Å². The van der Waals surface area contributed by atoms with Crippen LogP contribution in [0, 0.1) is 0 Å². The molecule has 0 atom stereocenters. The SMILES string of the molecule is CCc1cc(N(C)CCC(=O)O)ccn1. The van der Waals surface area contributed by atoms with Gasteiger partial charge >= 0.3 is 5.97 Å². The van der Waals surface area contributed by atoms with Gasteiger partial charge in [0.05, 0.1) is 6.42 Å². The summed E-state index contributed by atoms with van der Waals surface area (Å²) in [6.07, 6.45) is 2.80. The summed E-state index contributed by atoms with van der Waals surface area (Å²) in [4.78, 5) is 16.5. The molecular formula is C11H16N2O2. The number of aliphatic carboxylic acids is 1. The Morgan fingerprint density at radius 2 is 2.33 bits per heavy atom. The van der Waals surface area contributed by atoms with E-state index < -0.39 is 5.97 Å². The first-order valence-electron chi connectivity index (χ1n) is 5.01. The number of hydrogen-bond acceptors (Lipinski definition) is 3. The molecule has 82 valence electrons. The van der Waals surface area contributed by atoms with Gasteiger partial charge in [0.25, 0.3) is 0 Å². The Hall–Kier alpha value is -1.58. The molecule has 0 amide bonds. The van der Waals surface area contributed by atoms with Crippen molar-refractivity contribution in [3.8, 4) is 0 Å². The highest BCUT2D eigenvalue weighted by Gasteiger charge is 2.04. The van der Waals surface area contributed by atoms with E-state index in [0.29, 0.717) is 6.54 Å². The number of anilines is 1. The lowest BCUT2D eigenvalue weighted by Gasteiger charge is -2.18. The van der Waals surface area contributed by atoms with Crippen molar-refractivity contribution < 1.29 is 9.90 Å². The Morgan fingerprint density at radius 1 is 1.60 bits per heavy atom. The largest absolute Gasteiger partial charge is 0.481 e. The van der Waals surface area contributed by atoms with Gasteiger partial charge in [-0.3, -0.25) is 9.78 Å². The van der Waals surface area contributed by atoms with E-state index in [0.717, 1.165) is 17.8 Å². The molecule has 0 aliphatic heterocycles. The van der Waals surface area contributed by atoms with Crippen LogP contribution in [-0.4, -0.2) is 29.7 Å². The predicted octanol–water partition coefficient (Wildman–Crippen LogP) is 1.55. The van der Waals surface area contributed by atoms with Crippen molar-refractivity contribution in [1.29, 1.82) is 0 Å². The van der Waals surface area contributed by atoms with Crippen molar-refractivity contribution in [1.82, 2.24) is 4.98 Å². The van der Waals surface area contributed by atoms with Crippen LogP contribution in [-0.2, 0) is 11.2 Å². The molecule has 4 heteroatoms. The molecule has 1 rings (SSSR count). The number of carbonyl (C=O) groups is 1. The first kappa shape index (κ1) is 11.5. The van der Waals surface area contributed by atoms with Crippen LogP contribution >= 0.6 is 0 Å². The lowest BCUT2D eigenvalue weighted by atomic mass is 10.2. The van der Waals surface area contributed by atoms with E-state index >= 15 is 0 Å². The molecule has 0 aromatic carbocycles. The predicted molar refractivity (Wildman–Crippen MR) is 59.1 cm³/mol. The quantitative estimate of drug-likeness (QED) is 0.797. The third kappa shape index (κ3) is 3.58. The Labute approximate surface area is 89.6 Å². The third-order valence-corrected chi connectivity index (χ3v) is 2.26. The van der Waals surface area contributed by atoms with Crippen LogP contribution in [0.3, 0.4) is 0 Å². The Balaban J connectivity index is 2.64. The fourth-order valence-corrected chi connectivity index (χ4v) is 1.29.